The van der Waals surface area contributed by atoms with E-state index in [1.165, 1.54) is 32.4 Å². The van der Waals surface area contributed by atoms with Crippen LogP contribution in [-0.4, -0.2) is 47.0 Å². The van der Waals surface area contributed by atoms with Gasteiger partial charge in [-0.25, -0.2) is 0 Å². The van der Waals surface area contributed by atoms with E-state index in [4.69, 9.17) is 4.99 Å². The van der Waals surface area contributed by atoms with E-state index < -0.39 is 0 Å². The van der Waals surface area contributed by atoms with E-state index in [1.54, 1.807) is 0 Å². The normalized spacial score (nSPS) is 34.2. The van der Waals surface area contributed by atoms with Crippen LogP contribution in [0.2, 0.25) is 0 Å². The number of thioether (sulfide) groups is 1. The van der Waals surface area contributed by atoms with Crippen LogP contribution in [0.5, 0.6) is 0 Å². The Kier molecular flexibility index (Phi) is 4.36. The molecule has 2 atom stereocenters. The van der Waals surface area contributed by atoms with Gasteiger partial charge in [0.2, 0.25) is 0 Å². The Morgan fingerprint density at radius 3 is 2.76 bits per heavy atom. The van der Waals surface area contributed by atoms with Crippen molar-refractivity contribution < 1.29 is 0 Å². The number of aliphatic imine (C=N–C) groups is 1. The Balaban J connectivity index is 1.81. The molecule has 0 saturated carbocycles. The van der Waals surface area contributed by atoms with Crippen molar-refractivity contribution in [3.05, 3.63) is 0 Å². The Morgan fingerprint density at radius 2 is 2.18 bits per heavy atom. The van der Waals surface area contributed by atoms with Gasteiger partial charge in [-0.05, 0) is 46.2 Å². The van der Waals surface area contributed by atoms with Gasteiger partial charge in [0.05, 0.1) is 6.54 Å². The summed E-state index contributed by atoms with van der Waals surface area (Å²) in [6.45, 7) is 10.3. The van der Waals surface area contributed by atoms with E-state index in [0.717, 1.165) is 17.5 Å². The fourth-order valence-corrected chi connectivity index (χ4v) is 3.56. The summed E-state index contributed by atoms with van der Waals surface area (Å²) < 4.78 is 0. The second kappa shape index (κ2) is 5.61. The zero-order chi connectivity index (χ0) is 12.3. The number of hydrogen-bond donors (Lipinski definition) is 1. The van der Waals surface area contributed by atoms with Gasteiger partial charge < -0.3 is 5.32 Å². The maximum Gasteiger partial charge on any atom is 0.157 e. The monoisotopic (exact) mass is 255 g/mol. The van der Waals surface area contributed by atoms with Gasteiger partial charge in [-0.15, -0.1) is 0 Å². The number of likely N-dealkylation sites (tertiary alicyclic amines) is 1. The minimum Gasteiger partial charge on any atom is -0.359 e. The summed E-state index contributed by atoms with van der Waals surface area (Å²) in [4.78, 5) is 7.30. The molecular formula is C13H25N3S. The van der Waals surface area contributed by atoms with Crippen molar-refractivity contribution in [3.63, 3.8) is 0 Å². The van der Waals surface area contributed by atoms with E-state index >= 15 is 0 Å². The molecule has 4 heteroatoms. The van der Waals surface area contributed by atoms with Crippen molar-refractivity contribution in [2.45, 2.75) is 51.6 Å². The first-order valence-corrected chi connectivity index (χ1v) is 7.81. The van der Waals surface area contributed by atoms with Crippen molar-refractivity contribution >= 4 is 16.9 Å². The quantitative estimate of drug-likeness (QED) is 0.835. The van der Waals surface area contributed by atoms with Gasteiger partial charge in [0.25, 0.3) is 0 Å². The largest absolute Gasteiger partial charge is 0.359 e. The lowest BCUT2D eigenvalue weighted by molar-refractivity contribution is 0.265. The van der Waals surface area contributed by atoms with Crippen LogP contribution in [0.4, 0.5) is 0 Å². The molecule has 0 aromatic rings. The molecule has 0 amide bonds. The Labute approximate surface area is 109 Å². The lowest BCUT2D eigenvalue weighted by atomic mass is 10.0. The van der Waals surface area contributed by atoms with Crippen molar-refractivity contribution in [2.24, 2.45) is 4.99 Å². The van der Waals surface area contributed by atoms with Gasteiger partial charge in [-0.1, -0.05) is 18.7 Å². The first-order valence-electron chi connectivity index (χ1n) is 6.82. The molecule has 2 unspecified atom stereocenters. The average molecular weight is 255 g/mol. The van der Waals surface area contributed by atoms with E-state index in [1.807, 2.05) is 11.8 Å². The van der Waals surface area contributed by atoms with Gasteiger partial charge in [0.15, 0.2) is 5.17 Å². The lowest BCUT2D eigenvalue weighted by Crippen LogP contribution is -2.40. The molecule has 2 heterocycles. The van der Waals surface area contributed by atoms with Gasteiger partial charge in [0.1, 0.15) is 0 Å². The zero-order valence-electron chi connectivity index (χ0n) is 11.3. The van der Waals surface area contributed by atoms with Gasteiger partial charge in [-0.3, -0.25) is 9.89 Å². The highest BCUT2D eigenvalue weighted by Gasteiger charge is 2.30. The zero-order valence-corrected chi connectivity index (χ0v) is 12.1. The Bertz CT molecular complexity index is 286. The van der Waals surface area contributed by atoms with E-state index in [9.17, 15) is 0 Å². The summed E-state index contributed by atoms with van der Waals surface area (Å²) in [5, 5.41) is 4.71. The van der Waals surface area contributed by atoms with Crippen LogP contribution in [0.1, 0.15) is 40.0 Å². The topological polar surface area (TPSA) is 27.6 Å². The number of rotatable bonds is 4. The molecule has 0 aliphatic carbocycles. The molecule has 2 aliphatic rings. The number of nitrogens with one attached hydrogen (secondary N) is 1. The molecule has 2 rings (SSSR count). The molecule has 0 radical (unpaired) electrons. The molecule has 17 heavy (non-hydrogen) atoms. The first kappa shape index (κ1) is 13.2. The van der Waals surface area contributed by atoms with E-state index in [-0.39, 0.29) is 5.54 Å². The fraction of sp³-hybridized carbons (Fsp3) is 0.923. The van der Waals surface area contributed by atoms with Gasteiger partial charge >= 0.3 is 0 Å². The Morgan fingerprint density at radius 1 is 1.47 bits per heavy atom. The molecule has 0 aromatic heterocycles. The molecule has 0 spiro atoms. The third-order valence-corrected chi connectivity index (χ3v) is 5.27. The predicted octanol–water partition coefficient (Wildman–Crippen LogP) is 2.33. The van der Waals surface area contributed by atoms with Crippen LogP contribution >= 0.6 is 11.8 Å². The molecule has 98 valence electrons. The van der Waals surface area contributed by atoms with Crippen LogP contribution in [0.15, 0.2) is 4.99 Å². The minimum absolute atomic E-state index is 0.264. The molecule has 1 N–H and O–H groups in total. The molecular weight excluding hydrogens is 230 g/mol. The van der Waals surface area contributed by atoms with Crippen LogP contribution in [-0.2, 0) is 0 Å². The summed E-state index contributed by atoms with van der Waals surface area (Å²) in [5.74, 6) is 1.15. The smallest absolute Gasteiger partial charge is 0.157 e. The fourth-order valence-electron chi connectivity index (χ4n) is 2.35. The van der Waals surface area contributed by atoms with Crippen molar-refractivity contribution in [3.8, 4) is 0 Å². The van der Waals surface area contributed by atoms with Crippen molar-refractivity contribution in [1.29, 1.82) is 0 Å². The van der Waals surface area contributed by atoms with Crippen LogP contribution in [0.25, 0.3) is 0 Å². The summed E-state index contributed by atoms with van der Waals surface area (Å²) in [7, 11) is 0. The van der Waals surface area contributed by atoms with Crippen LogP contribution < -0.4 is 5.32 Å². The highest BCUT2D eigenvalue weighted by Crippen LogP contribution is 2.25. The summed E-state index contributed by atoms with van der Waals surface area (Å²) in [6, 6.07) is 0.598. The maximum atomic E-state index is 4.74. The standard InChI is InChI=1S/C13H25N3S/c1-4-13(3)10-17-12(15-13)14-9-11(2)16-7-5-6-8-16/h11H,4-10H2,1-3H3,(H,14,15). The Hall–Kier alpha value is -0.220. The molecule has 2 saturated heterocycles. The molecule has 2 aliphatic heterocycles. The van der Waals surface area contributed by atoms with Gasteiger partial charge in [0, 0.05) is 17.3 Å². The summed E-state index contributed by atoms with van der Waals surface area (Å²) in [6.07, 6.45) is 3.89. The first-order chi connectivity index (χ1) is 8.13. The SMILES string of the molecule is CCC1(C)CSC(=NCC(C)N2CCCC2)N1. The third kappa shape index (κ3) is 3.38. The van der Waals surface area contributed by atoms with Crippen LogP contribution in [0, 0.1) is 0 Å². The third-order valence-electron chi connectivity index (χ3n) is 3.98. The molecule has 0 aromatic carbocycles. The van der Waals surface area contributed by atoms with Crippen molar-refractivity contribution in [2.75, 3.05) is 25.4 Å². The van der Waals surface area contributed by atoms with Crippen molar-refractivity contribution in [1.82, 2.24) is 10.2 Å². The highest BCUT2D eigenvalue weighted by molar-refractivity contribution is 8.14. The molecule has 2 fully saturated rings. The summed E-state index contributed by atoms with van der Waals surface area (Å²) in [5.41, 5.74) is 0.264. The number of hydrogen-bond acceptors (Lipinski definition) is 3. The molecule has 3 nitrogen and oxygen atoms in total. The van der Waals surface area contributed by atoms with Gasteiger partial charge in [-0.2, -0.15) is 0 Å². The van der Waals surface area contributed by atoms with E-state index in [0.29, 0.717) is 6.04 Å². The second-order valence-corrected chi connectivity index (χ2v) is 6.53. The number of amidine groups is 1. The highest BCUT2D eigenvalue weighted by atomic mass is 32.2. The average Bonchev–Trinajstić information content (AvgIpc) is 2.96. The minimum atomic E-state index is 0.264. The predicted molar refractivity (Wildman–Crippen MR) is 76.9 cm³/mol. The lowest BCUT2D eigenvalue weighted by Gasteiger charge is -2.23. The maximum absolute atomic E-state index is 4.74. The molecule has 0 bridgehead atoms. The van der Waals surface area contributed by atoms with Crippen LogP contribution in [0.3, 0.4) is 0 Å². The summed E-state index contributed by atoms with van der Waals surface area (Å²) >= 11 is 1.88. The van der Waals surface area contributed by atoms with E-state index in [2.05, 4.69) is 31.0 Å². The second-order valence-electron chi connectivity index (χ2n) is 5.57. The number of nitrogens with zero attached hydrogens (tertiary/aromatic N) is 2.